The fourth-order valence-electron chi connectivity index (χ4n) is 2.41. The fourth-order valence-corrected chi connectivity index (χ4v) is 2.41. The van der Waals surface area contributed by atoms with Gasteiger partial charge in [-0.1, -0.05) is 43.2 Å². The second kappa shape index (κ2) is 4.15. The van der Waals surface area contributed by atoms with Crippen LogP contribution in [0.15, 0.2) is 30.3 Å². The van der Waals surface area contributed by atoms with Gasteiger partial charge < -0.3 is 5.11 Å². The predicted octanol–water partition coefficient (Wildman–Crippen LogP) is 2.17. The smallest absolute Gasteiger partial charge is 0.238 e. The summed E-state index contributed by atoms with van der Waals surface area (Å²) in [5.74, 6) is 0.0393. The van der Waals surface area contributed by atoms with Crippen molar-refractivity contribution in [2.24, 2.45) is 5.92 Å². The van der Waals surface area contributed by atoms with Crippen molar-refractivity contribution in [3.63, 3.8) is 0 Å². The summed E-state index contributed by atoms with van der Waals surface area (Å²) >= 11 is 0. The van der Waals surface area contributed by atoms with Crippen molar-refractivity contribution in [2.45, 2.75) is 31.3 Å². The molecule has 1 fully saturated rings. The van der Waals surface area contributed by atoms with Crippen molar-refractivity contribution in [3.05, 3.63) is 35.9 Å². The maximum atomic E-state index is 11.0. The molecule has 2 nitrogen and oxygen atoms in total. The predicted molar refractivity (Wildman–Crippen MR) is 58.0 cm³/mol. The molecule has 0 aliphatic heterocycles. The maximum absolute atomic E-state index is 11.0. The summed E-state index contributed by atoms with van der Waals surface area (Å²) in [5.41, 5.74) is -0.718. The summed E-state index contributed by atoms with van der Waals surface area (Å²) in [7, 11) is 0. The normalized spacial score (nSPS) is 21.1. The Morgan fingerprint density at radius 2 is 1.80 bits per heavy atom. The van der Waals surface area contributed by atoms with E-state index in [1.54, 1.807) is 12.1 Å². The molecule has 1 aliphatic rings. The van der Waals surface area contributed by atoms with Crippen LogP contribution < -0.4 is 0 Å². The highest BCUT2D eigenvalue weighted by Crippen LogP contribution is 2.39. The number of carbonyl (C=O) groups excluding carboxylic acids is 1. The molecule has 0 spiro atoms. The molecule has 0 amide bonds. The van der Waals surface area contributed by atoms with E-state index in [-0.39, 0.29) is 5.92 Å². The molecule has 2 rings (SSSR count). The van der Waals surface area contributed by atoms with E-state index in [1.165, 1.54) is 0 Å². The molecule has 0 heterocycles. The minimum atomic E-state index is -1.39. The van der Waals surface area contributed by atoms with Gasteiger partial charge in [0.15, 0.2) is 5.60 Å². The third-order valence-electron chi connectivity index (χ3n) is 3.32. The number of rotatable bonds is 3. The van der Waals surface area contributed by atoms with E-state index in [9.17, 15) is 9.90 Å². The monoisotopic (exact) mass is 203 g/mol. The zero-order valence-electron chi connectivity index (χ0n) is 8.65. The van der Waals surface area contributed by atoms with Gasteiger partial charge in [-0.3, -0.25) is 4.79 Å². The quantitative estimate of drug-likeness (QED) is 0.817. The average molecular weight is 203 g/mol. The molecule has 1 N–H and O–H groups in total. The van der Waals surface area contributed by atoms with E-state index in [4.69, 9.17) is 0 Å². The van der Waals surface area contributed by atoms with E-state index >= 15 is 0 Å². The van der Waals surface area contributed by atoms with Crippen LogP contribution in [0.2, 0.25) is 0 Å². The fraction of sp³-hybridized carbons (Fsp3) is 0.462. The van der Waals surface area contributed by atoms with Gasteiger partial charge in [0.1, 0.15) is 0 Å². The van der Waals surface area contributed by atoms with Crippen molar-refractivity contribution in [3.8, 4) is 0 Å². The zero-order valence-corrected chi connectivity index (χ0v) is 8.65. The number of hydrogen-bond acceptors (Lipinski definition) is 2. The topological polar surface area (TPSA) is 37.3 Å². The Morgan fingerprint density at radius 1 is 1.20 bits per heavy atom. The summed E-state index contributed by atoms with van der Waals surface area (Å²) in [6.45, 7) is 0. The Hall–Kier alpha value is -1.15. The average Bonchev–Trinajstić information content (AvgIpc) is 2.83. The Morgan fingerprint density at radius 3 is 2.33 bits per heavy atom. The van der Waals surface area contributed by atoms with Crippen LogP contribution in [-0.4, -0.2) is 11.4 Å². The number of benzene rings is 1. The molecular formula is C13H15O2. The van der Waals surface area contributed by atoms with Gasteiger partial charge in [-0.15, -0.1) is 0 Å². The first-order valence-corrected chi connectivity index (χ1v) is 5.44. The first-order valence-electron chi connectivity index (χ1n) is 5.44. The summed E-state index contributed by atoms with van der Waals surface area (Å²) in [6.07, 6.45) is 5.87. The lowest BCUT2D eigenvalue weighted by Gasteiger charge is -2.27. The van der Waals surface area contributed by atoms with Crippen LogP contribution >= 0.6 is 0 Å². The maximum Gasteiger partial charge on any atom is 0.238 e. The highest BCUT2D eigenvalue weighted by Gasteiger charge is 2.40. The lowest BCUT2D eigenvalue weighted by molar-refractivity contribution is 0.0447. The van der Waals surface area contributed by atoms with Crippen molar-refractivity contribution in [1.82, 2.24) is 0 Å². The molecule has 1 aliphatic carbocycles. The van der Waals surface area contributed by atoms with Gasteiger partial charge in [0.2, 0.25) is 6.29 Å². The van der Waals surface area contributed by atoms with Gasteiger partial charge in [-0.05, 0) is 24.3 Å². The van der Waals surface area contributed by atoms with Crippen LogP contribution in [0.5, 0.6) is 0 Å². The van der Waals surface area contributed by atoms with E-state index in [0.29, 0.717) is 5.56 Å². The Kier molecular flexibility index (Phi) is 2.87. The van der Waals surface area contributed by atoms with Crippen LogP contribution in [0.3, 0.4) is 0 Å². The Balaban J connectivity index is 2.32. The van der Waals surface area contributed by atoms with Crippen LogP contribution in [0.1, 0.15) is 31.2 Å². The second-order valence-corrected chi connectivity index (χ2v) is 4.22. The molecule has 15 heavy (non-hydrogen) atoms. The van der Waals surface area contributed by atoms with Gasteiger partial charge in [0.05, 0.1) is 0 Å². The van der Waals surface area contributed by atoms with Gasteiger partial charge in [-0.25, -0.2) is 0 Å². The lowest BCUT2D eigenvalue weighted by atomic mass is 9.81. The second-order valence-electron chi connectivity index (χ2n) is 4.22. The number of hydrogen-bond donors (Lipinski definition) is 1. The van der Waals surface area contributed by atoms with E-state index in [0.717, 1.165) is 25.7 Å². The largest absolute Gasteiger partial charge is 0.376 e. The molecule has 0 unspecified atom stereocenters. The molecular weight excluding hydrogens is 188 g/mol. The first-order chi connectivity index (χ1) is 7.27. The van der Waals surface area contributed by atoms with E-state index < -0.39 is 5.60 Å². The molecule has 2 heteroatoms. The van der Waals surface area contributed by atoms with Gasteiger partial charge in [0, 0.05) is 0 Å². The highest BCUT2D eigenvalue weighted by molar-refractivity contribution is 5.67. The highest BCUT2D eigenvalue weighted by atomic mass is 16.3. The molecule has 79 valence electrons. The van der Waals surface area contributed by atoms with Crippen LogP contribution in [-0.2, 0) is 10.4 Å². The van der Waals surface area contributed by atoms with Crippen LogP contribution in [0.25, 0.3) is 0 Å². The van der Waals surface area contributed by atoms with Gasteiger partial charge >= 0.3 is 0 Å². The molecule has 0 saturated heterocycles. The first kappa shape index (κ1) is 10.4. The standard InChI is InChI=1S/C13H15O2/c14-10-13(15,12-8-4-5-9-12)11-6-2-1-3-7-11/h1-3,6-7,12,15H,4-5,8-9H2/t13-/m0/s1. The van der Waals surface area contributed by atoms with Crippen molar-refractivity contribution < 1.29 is 9.90 Å². The molecule has 0 bridgehead atoms. The molecule has 0 aromatic heterocycles. The van der Waals surface area contributed by atoms with Crippen molar-refractivity contribution >= 4 is 6.29 Å². The summed E-state index contributed by atoms with van der Waals surface area (Å²) in [4.78, 5) is 11.0. The van der Waals surface area contributed by atoms with E-state index in [2.05, 4.69) is 0 Å². The minimum Gasteiger partial charge on any atom is -0.376 e. The van der Waals surface area contributed by atoms with Crippen molar-refractivity contribution in [1.29, 1.82) is 0 Å². The SMILES string of the molecule is O=[C][C@](O)(c1ccccc1)C1CCCC1. The third kappa shape index (κ3) is 1.82. The van der Waals surface area contributed by atoms with Gasteiger partial charge in [0.25, 0.3) is 0 Å². The molecule has 1 saturated carbocycles. The lowest BCUT2D eigenvalue weighted by Crippen LogP contribution is -2.35. The molecule has 1 atom stereocenters. The van der Waals surface area contributed by atoms with E-state index in [1.807, 2.05) is 24.5 Å². The summed E-state index contributed by atoms with van der Waals surface area (Å²) < 4.78 is 0. The van der Waals surface area contributed by atoms with Gasteiger partial charge in [-0.2, -0.15) is 0 Å². The Bertz CT molecular complexity index is 328. The summed E-state index contributed by atoms with van der Waals surface area (Å²) in [5, 5.41) is 10.4. The van der Waals surface area contributed by atoms with Crippen LogP contribution in [0.4, 0.5) is 0 Å². The number of aliphatic hydroxyl groups is 1. The molecule has 1 aromatic rings. The van der Waals surface area contributed by atoms with Crippen LogP contribution in [0, 0.1) is 5.92 Å². The summed E-state index contributed by atoms with van der Waals surface area (Å²) in [6, 6.07) is 9.15. The van der Waals surface area contributed by atoms with Crippen molar-refractivity contribution in [2.75, 3.05) is 0 Å². The minimum absolute atomic E-state index is 0.0393. The molecule has 1 radical (unpaired) electrons. The zero-order chi connectivity index (χ0) is 10.7. The Labute approximate surface area is 89.9 Å². The third-order valence-corrected chi connectivity index (χ3v) is 3.32. The molecule has 1 aromatic carbocycles.